The molecule has 0 aromatic heterocycles. The minimum atomic E-state index is -3.48. The first-order valence-corrected chi connectivity index (χ1v) is 11.0. The molecule has 2 aliphatic rings. The predicted octanol–water partition coefficient (Wildman–Crippen LogP) is 3.15. The Morgan fingerprint density at radius 2 is 1.79 bits per heavy atom. The van der Waals surface area contributed by atoms with E-state index in [4.69, 9.17) is 9.47 Å². The van der Waals surface area contributed by atoms with Crippen molar-refractivity contribution in [3.05, 3.63) is 53.6 Å². The van der Waals surface area contributed by atoms with Crippen LogP contribution >= 0.6 is 0 Å². The smallest absolute Gasteiger partial charge is 0.243 e. The summed E-state index contributed by atoms with van der Waals surface area (Å²) in [6, 6.07) is 13.2. The number of methoxy groups -OCH3 is 1. The van der Waals surface area contributed by atoms with Gasteiger partial charge in [0.15, 0.2) is 0 Å². The lowest BCUT2D eigenvalue weighted by Crippen LogP contribution is -2.48. The monoisotopic (exact) mass is 402 g/mol. The summed E-state index contributed by atoms with van der Waals surface area (Å²) in [6.07, 6.45) is 1.57. The van der Waals surface area contributed by atoms with Crippen LogP contribution in [0.25, 0.3) is 0 Å². The highest BCUT2D eigenvalue weighted by molar-refractivity contribution is 7.89. The highest BCUT2D eigenvalue weighted by Gasteiger charge is 2.33. The molecule has 0 aliphatic carbocycles. The number of nitrogens with zero attached hydrogens (tertiary/aromatic N) is 2. The first-order chi connectivity index (χ1) is 13.5. The van der Waals surface area contributed by atoms with Crippen LogP contribution in [0.2, 0.25) is 0 Å². The summed E-state index contributed by atoms with van der Waals surface area (Å²) in [4.78, 5) is 2.63. The van der Waals surface area contributed by atoms with Gasteiger partial charge in [0.2, 0.25) is 10.0 Å². The van der Waals surface area contributed by atoms with Gasteiger partial charge in [-0.2, -0.15) is 4.31 Å². The summed E-state index contributed by atoms with van der Waals surface area (Å²) in [6.45, 7) is 4.35. The largest absolute Gasteiger partial charge is 0.497 e. The van der Waals surface area contributed by atoms with E-state index in [1.165, 1.54) is 16.8 Å². The predicted molar refractivity (Wildman–Crippen MR) is 108 cm³/mol. The van der Waals surface area contributed by atoms with E-state index in [0.29, 0.717) is 37.1 Å². The number of anilines is 1. The van der Waals surface area contributed by atoms with Gasteiger partial charge in [0.25, 0.3) is 0 Å². The van der Waals surface area contributed by atoms with Crippen LogP contribution in [0.4, 0.5) is 5.69 Å². The third-order valence-corrected chi connectivity index (χ3v) is 7.57. The van der Waals surface area contributed by atoms with Gasteiger partial charge < -0.3 is 14.4 Å². The number of aryl methyl sites for hydroxylation is 1. The maximum atomic E-state index is 13.0. The van der Waals surface area contributed by atoms with E-state index in [9.17, 15) is 8.42 Å². The number of para-hydroxylation sites is 1. The topological polar surface area (TPSA) is 59.1 Å². The van der Waals surface area contributed by atoms with Gasteiger partial charge >= 0.3 is 0 Å². The molecule has 6 nitrogen and oxygen atoms in total. The van der Waals surface area contributed by atoms with Crippen LogP contribution in [0.1, 0.15) is 24.0 Å². The van der Waals surface area contributed by atoms with E-state index in [0.717, 1.165) is 12.8 Å². The fourth-order valence-corrected chi connectivity index (χ4v) is 5.61. The Labute approximate surface area is 166 Å². The molecule has 0 radical (unpaired) electrons. The van der Waals surface area contributed by atoms with Crippen molar-refractivity contribution in [2.24, 2.45) is 0 Å². The van der Waals surface area contributed by atoms with Gasteiger partial charge in [0.05, 0.1) is 18.6 Å². The first-order valence-electron chi connectivity index (χ1n) is 9.58. The molecule has 1 saturated heterocycles. The van der Waals surface area contributed by atoms with E-state index >= 15 is 0 Å². The molecule has 2 aromatic rings. The van der Waals surface area contributed by atoms with Gasteiger partial charge in [-0.05, 0) is 49.6 Å². The molecular weight excluding hydrogens is 376 g/mol. The molecule has 0 saturated carbocycles. The summed E-state index contributed by atoms with van der Waals surface area (Å²) in [5.41, 5.74) is 3.71. The molecule has 0 amide bonds. The van der Waals surface area contributed by atoms with Crippen LogP contribution in [0.5, 0.6) is 5.75 Å². The Bertz CT molecular complexity index is 935. The summed E-state index contributed by atoms with van der Waals surface area (Å²) in [5, 5.41) is 0. The molecule has 0 bridgehead atoms. The van der Waals surface area contributed by atoms with Crippen LogP contribution in [0, 0.1) is 6.92 Å². The average molecular weight is 403 g/mol. The molecule has 0 N–H and O–H groups in total. The molecule has 2 aromatic carbocycles. The van der Waals surface area contributed by atoms with Crippen molar-refractivity contribution in [2.75, 3.05) is 31.8 Å². The molecule has 0 spiro atoms. The number of rotatable bonds is 4. The number of benzene rings is 2. The Morgan fingerprint density at radius 3 is 2.46 bits per heavy atom. The molecule has 0 atom stereocenters. The second kappa shape index (κ2) is 7.73. The first kappa shape index (κ1) is 19.2. The van der Waals surface area contributed by atoms with Crippen molar-refractivity contribution in [1.29, 1.82) is 0 Å². The Kier molecular flexibility index (Phi) is 5.31. The van der Waals surface area contributed by atoms with E-state index in [2.05, 4.69) is 30.0 Å². The zero-order chi connectivity index (χ0) is 19.7. The highest BCUT2D eigenvalue weighted by atomic mass is 32.2. The number of piperidine rings is 1. The van der Waals surface area contributed by atoms with E-state index in [-0.39, 0.29) is 6.04 Å². The molecule has 2 heterocycles. The number of sulfonamides is 1. The standard InChI is InChI=1S/C21H26N2O4S/c1-16-4-3-5-17-14-27-15-23(21(16)17)18-10-12-22(13-11-18)28(24,25)20-8-6-19(26-2)7-9-20/h3-9,18H,10-15H2,1-2H3. The van der Waals surface area contributed by atoms with Crippen LogP contribution < -0.4 is 9.64 Å². The van der Waals surface area contributed by atoms with Crippen LogP contribution in [0.3, 0.4) is 0 Å². The Balaban J connectivity index is 1.48. The molecule has 4 rings (SSSR count). The lowest BCUT2D eigenvalue weighted by atomic mass is 10.00. The normalized spacial score (nSPS) is 18.7. The molecular formula is C21H26N2O4S. The van der Waals surface area contributed by atoms with Crippen molar-refractivity contribution < 1.29 is 17.9 Å². The van der Waals surface area contributed by atoms with Crippen molar-refractivity contribution >= 4 is 15.7 Å². The molecule has 0 unspecified atom stereocenters. The van der Waals surface area contributed by atoms with Crippen LogP contribution in [-0.4, -0.2) is 45.7 Å². The number of hydrogen-bond acceptors (Lipinski definition) is 5. The zero-order valence-corrected chi connectivity index (χ0v) is 17.1. The average Bonchev–Trinajstić information content (AvgIpc) is 2.74. The SMILES string of the molecule is COc1ccc(S(=O)(=O)N2CCC(N3COCc4cccc(C)c43)CC2)cc1. The third-order valence-electron chi connectivity index (χ3n) is 5.66. The van der Waals surface area contributed by atoms with Crippen molar-refractivity contribution in [3.63, 3.8) is 0 Å². The van der Waals surface area contributed by atoms with Gasteiger partial charge in [0, 0.05) is 30.4 Å². The molecule has 2 aliphatic heterocycles. The number of ether oxygens (including phenoxy) is 2. The van der Waals surface area contributed by atoms with Crippen LogP contribution in [0.15, 0.2) is 47.4 Å². The van der Waals surface area contributed by atoms with Gasteiger partial charge in [0.1, 0.15) is 12.5 Å². The van der Waals surface area contributed by atoms with Gasteiger partial charge in [-0.15, -0.1) is 0 Å². The van der Waals surface area contributed by atoms with E-state index in [1.54, 1.807) is 35.7 Å². The zero-order valence-electron chi connectivity index (χ0n) is 16.3. The summed E-state index contributed by atoms with van der Waals surface area (Å²) < 4.78 is 38.4. The fourth-order valence-electron chi connectivity index (χ4n) is 4.14. The minimum Gasteiger partial charge on any atom is -0.497 e. The van der Waals surface area contributed by atoms with Crippen molar-refractivity contribution in [1.82, 2.24) is 4.31 Å². The Morgan fingerprint density at radius 1 is 1.07 bits per heavy atom. The minimum absolute atomic E-state index is 0.280. The summed E-state index contributed by atoms with van der Waals surface area (Å²) in [5.74, 6) is 0.650. The van der Waals surface area contributed by atoms with Crippen molar-refractivity contribution in [3.8, 4) is 5.75 Å². The van der Waals surface area contributed by atoms with Gasteiger partial charge in [-0.3, -0.25) is 0 Å². The van der Waals surface area contributed by atoms with E-state index in [1.807, 2.05) is 0 Å². The van der Waals surface area contributed by atoms with Gasteiger partial charge in [-0.1, -0.05) is 18.2 Å². The number of hydrogen-bond donors (Lipinski definition) is 0. The van der Waals surface area contributed by atoms with Gasteiger partial charge in [-0.25, -0.2) is 8.42 Å². The summed E-state index contributed by atoms with van der Waals surface area (Å²) >= 11 is 0. The molecule has 28 heavy (non-hydrogen) atoms. The second-order valence-corrected chi connectivity index (χ2v) is 9.28. The quantitative estimate of drug-likeness (QED) is 0.786. The highest BCUT2D eigenvalue weighted by Crippen LogP contribution is 2.34. The maximum absolute atomic E-state index is 13.0. The van der Waals surface area contributed by atoms with Crippen LogP contribution in [-0.2, 0) is 21.4 Å². The van der Waals surface area contributed by atoms with E-state index < -0.39 is 10.0 Å². The second-order valence-electron chi connectivity index (χ2n) is 7.34. The summed E-state index contributed by atoms with van der Waals surface area (Å²) in [7, 11) is -1.91. The lowest BCUT2D eigenvalue weighted by Gasteiger charge is -2.42. The molecule has 1 fully saturated rings. The lowest BCUT2D eigenvalue weighted by molar-refractivity contribution is 0.0986. The third kappa shape index (κ3) is 3.50. The molecule has 150 valence electrons. The maximum Gasteiger partial charge on any atom is 0.243 e. The fraction of sp³-hybridized carbons (Fsp3) is 0.429. The Hall–Kier alpha value is -2.09. The number of fused-ring (bicyclic) bond motifs is 1. The van der Waals surface area contributed by atoms with Crippen molar-refractivity contribution in [2.45, 2.75) is 37.3 Å². The molecule has 7 heteroatoms.